The summed E-state index contributed by atoms with van der Waals surface area (Å²) in [7, 11) is 1.83. The number of benzene rings is 2. The average Bonchev–Trinajstić information content (AvgIpc) is 3.29. The molecule has 5 rings (SSSR count). The Labute approximate surface area is 218 Å². The SMILES string of the molecule is Cc1cc(-c2ncnn2C)c2cccc(OCc3c(Cl)cc(F)cc3C(C)N3CCC[C@@H](O)C3=O)c2n1. The van der Waals surface area contributed by atoms with E-state index in [1.165, 1.54) is 18.5 Å². The van der Waals surface area contributed by atoms with Gasteiger partial charge < -0.3 is 14.7 Å². The summed E-state index contributed by atoms with van der Waals surface area (Å²) in [5.74, 6) is 0.374. The molecule has 1 amide bonds. The number of aryl methyl sites for hydroxylation is 2. The Balaban J connectivity index is 1.51. The first kappa shape index (κ1) is 25.1. The monoisotopic (exact) mass is 523 g/mol. The lowest BCUT2D eigenvalue weighted by Crippen LogP contribution is -2.45. The van der Waals surface area contributed by atoms with Crippen LogP contribution in [-0.4, -0.2) is 48.3 Å². The van der Waals surface area contributed by atoms with Crippen molar-refractivity contribution in [1.29, 1.82) is 0 Å². The molecule has 0 bridgehead atoms. The van der Waals surface area contributed by atoms with Gasteiger partial charge in [0.15, 0.2) is 5.82 Å². The van der Waals surface area contributed by atoms with Gasteiger partial charge in [0, 0.05) is 35.8 Å². The number of pyridine rings is 1. The van der Waals surface area contributed by atoms with E-state index in [4.69, 9.17) is 21.3 Å². The molecule has 2 atom stereocenters. The van der Waals surface area contributed by atoms with Crippen molar-refractivity contribution >= 4 is 28.4 Å². The molecular formula is C27H27ClFN5O3. The van der Waals surface area contributed by atoms with Gasteiger partial charge in [0.05, 0.1) is 11.1 Å². The summed E-state index contributed by atoms with van der Waals surface area (Å²) in [6.45, 7) is 4.22. The summed E-state index contributed by atoms with van der Waals surface area (Å²) in [6.07, 6.45) is 1.54. The Morgan fingerprint density at radius 3 is 2.86 bits per heavy atom. The van der Waals surface area contributed by atoms with Gasteiger partial charge in [-0.25, -0.2) is 19.0 Å². The van der Waals surface area contributed by atoms with E-state index in [2.05, 4.69) is 10.1 Å². The predicted molar refractivity (Wildman–Crippen MR) is 138 cm³/mol. The molecule has 1 aliphatic rings. The van der Waals surface area contributed by atoms with Crippen LogP contribution in [0.4, 0.5) is 4.39 Å². The number of aromatic nitrogens is 4. The van der Waals surface area contributed by atoms with E-state index in [-0.39, 0.29) is 17.5 Å². The van der Waals surface area contributed by atoms with Crippen molar-refractivity contribution in [3.63, 3.8) is 0 Å². The Morgan fingerprint density at radius 2 is 2.11 bits per heavy atom. The minimum atomic E-state index is -1.05. The van der Waals surface area contributed by atoms with Crippen LogP contribution < -0.4 is 4.74 Å². The zero-order valence-corrected chi connectivity index (χ0v) is 21.5. The van der Waals surface area contributed by atoms with Crippen LogP contribution >= 0.6 is 11.6 Å². The highest BCUT2D eigenvalue weighted by Crippen LogP contribution is 2.35. The second-order valence-corrected chi connectivity index (χ2v) is 9.69. The van der Waals surface area contributed by atoms with Crippen molar-refractivity contribution in [3.8, 4) is 17.1 Å². The van der Waals surface area contributed by atoms with E-state index >= 15 is 0 Å². The lowest BCUT2D eigenvalue weighted by atomic mass is 9.97. The third-order valence-corrected chi connectivity index (χ3v) is 7.15. The maximum Gasteiger partial charge on any atom is 0.251 e. The van der Waals surface area contributed by atoms with E-state index < -0.39 is 18.0 Å². The highest BCUT2D eigenvalue weighted by Gasteiger charge is 2.32. The molecule has 192 valence electrons. The van der Waals surface area contributed by atoms with Gasteiger partial charge in [-0.1, -0.05) is 23.7 Å². The molecule has 0 radical (unpaired) electrons. The number of carbonyl (C=O) groups excluding carboxylic acids is 1. The standard InChI is InChI=1S/C27H27ClFN5O3/c1-15-10-20(26-30-14-31-33(26)3)18-6-4-8-24(25(18)32-15)37-13-21-19(11-17(29)12-22(21)28)16(2)34-9-5-7-23(35)27(34)36/h4,6,8,10-12,14,16,23,35H,5,7,9,13H2,1-3H3/t16?,23-/m1/s1. The smallest absolute Gasteiger partial charge is 0.251 e. The number of amides is 1. The van der Waals surface area contributed by atoms with Crippen molar-refractivity contribution in [2.75, 3.05) is 6.54 Å². The number of carbonyl (C=O) groups is 1. The Bertz CT molecular complexity index is 1490. The zero-order chi connectivity index (χ0) is 26.3. The highest BCUT2D eigenvalue weighted by atomic mass is 35.5. The number of nitrogens with zero attached hydrogens (tertiary/aromatic N) is 5. The molecule has 1 unspecified atom stereocenters. The number of halogens is 2. The summed E-state index contributed by atoms with van der Waals surface area (Å²) in [6, 6.07) is 9.71. The Morgan fingerprint density at radius 1 is 1.30 bits per heavy atom. The van der Waals surface area contributed by atoms with Crippen LogP contribution in [0.2, 0.25) is 5.02 Å². The van der Waals surface area contributed by atoms with Crippen molar-refractivity contribution in [1.82, 2.24) is 24.6 Å². The Kier molecular flexibility index (Phi) is 6.83. The fraction of sp³-hybridized carbons (Fsp3) is 0.333. The molecule has 2 aromatic carbocycles. The van der Waals surface area contributed by atoms with Crippen molar-refractivity contribution in [3.05, 3.63) is 70.4 Å². The number of para-hydroxylation sites is 1. The highest BCUT2D eigenvalue weighted by molar-refractivity contribution is 6.31. The number of hydrogen-bond acceptors (Lipinski definition) is 6. The second-order valence-electron chi connectivity index (χ2n) is 9.28. The van der Waals surface area contributed by atoms with Crippen LogP contribution in [0.1, 0.15) is 42.6 Å². The predicted octanol–water partition coefficient (Wildman–Crippen LogP) is 4.75. The molecule has 2 aromatic heterocycles. The molecule has 1 saturated heterocycles. The first-order chi connectivity index (χ1) is 17.7. The zero-order valence-electron chi connectivity index (χ0n) is 20.8. The van der Waals surface area contributed by atoms with E-state index in [0.717, 1.165) is 16.6 Å². The van der Waals surface area contributed by atoms with Crippen molar-refractivity contribution in [2.45, 2.75) is 45.4 Å². The fourth-order valence-corrected chi connectivity index (χ4v) is 5.19. The van der Waals surface area contributed by atoms with Gasteiger partial charge in [0.1, 0.15) is 36.1 Å². The molecule has 4 aromatic rings. The minimum absolute atomic E-state index is 0.0391. The lowest BCUT2D eigenvalue weighted by Gasteiger charge is -2.36. The second kappa shape index (κ2) is 10.1. The van der Waals surface area contributed by atoms with Gasteiger partial charge in [-0.3, -0.25) is 4.79 Å². The third-order valence-electron chi connectivity index (χ3n) is 6.81. The Hall–Kier alpha value is -3.56. The van der Waals surface area contributed by atoms with Gasteiger partial charge in [-0.15, -0.1) is 0 Å². The number of rotatable bonds is 6. The van der Waals surface area contributed by atoms with Crippen molar-refractivity contribution in [2.24, 2.45) is 7.05 Å². The summed E-state index contributed by atoms with van der Waals surface area (Å²) in [5, 5.41) is 15.3. The van der Waals surface area contributed by atoms with Gasteiger partial charge in [0.25, 0.3) is 5.91 Å². The topological polar surface area (TPSA) is 93.4 Å². The maximum absolute atomic E-state index is 14.4. The normalized spacial score (nSPS) is 16.9. The number of hydrogen-bond donors (Lipinski definition) is 1. The largest absolute Gasteiger partial charge is 0.487 e. The molecule has 1 fully saturated rings. The van der Waals surface area contributed by atoms with E-state index in [1.807, 2.05) is 38.2 Å². The third kappa shape index (κ3) is 4.76. The van der Waals surface area contributed by atoms with Crippen LogP contribution in [0.25, 0.3) is 22.3 Å². The first-order valence-corrected chi connectivity index (χ1v) is 12.5. The molecular weight excluding hydrogens is 497 g/mol. The molecule has 1 aliphatic heterocycles. The molecule has 3 heterocycles. The molecule has 0 spiro atoms. The van der Waals surface area contributed by atoms with Gasteiger partial charge >= 0.3 is 0 Å². The molecule has 0 aliphatic carbocycles. The molecule has 37 heavy (non-hydrogen) atoms. The number of ether oxygens (including phenoxy) is 1. The summed E-state index contributed by atoms with van der Waals surface area (Å²) in [4.78, 5) is 23.3. The molecule has 10 heteroatoms. The lowest BCUT2D eigenvalue weighted by molar-refractivity contribution is -0.146. The number of fused-ring (bicyclic) bond motifs is 1. The number of piperidine rings is 1. The minimum Gasteiger partial charge on any atom is -0.487 e. The average molecular weight is 524 g/mol. The molecule has 8 nitrogen and oxygen atoms in total. The van der Waals surface area contributed by atoms with Crippen LogP contribution in [0.15, 0.2) is 42.7 Å². The number of likely N-dealkylation sites (tertiary alicyclic amines) is 1. The van der Waals surface area contributed by atoms with Crippen LogP contribution in [-0.2, 0) is 18.4 Å². The van der Waals surface area contributed by atoms with Gasteiger partial charge in [-0.05, 0) is 56.5 Å². The molecule has 0 saturated carbocycles. The first-order valence-electron chi connectivity index (χ1n) is 12.1. The summed E-state index contributed by atoms with van der Waals surface area (Å²) in [5.41, 5.74) is 3.43. The maximum atomic E-state index is 14.4. The van der Waals surface area contributed by atoms with E-state index in [9.17, 15) is 14.3 Å². The van der Waals surface area contributed by atoms with Gasteiger partial charge in [-0.2, -0.15) is 5.10 Å². The quantitative estimate of drug-likeness (QED) is 0.392. The van der Waals surface area contributed by atoms with E-state index in [1.54, 1.807) is 16.5 Å². The summed E-state index contributed by atoms with van der Waals surface area (Å²) >= 11 is 6.50. The van der Waals surface area contributed by atoms with Crippen molar-refractivity contribution < 1.29 is 19.0 Å². The number of aliphatic hydroxyl groups excluding tert-OH is 1. The number of aliphatic hydroxyl groups is 1. The van der Waals surface area contributed by atoms with Crippen LogP contribution in [0, 0.1) is 12.7 Å². The fourth-order valence-electron chi connectivity index (χ4n) is 4.92. The van der Waals surface area contributed by atoms with Gasteiger partial charge in [0.2, 0.25) is 0 Å². The van der Waals surface area contributed by atoms with E-state index in [0.29, 0.717) is 47.6 Å². The van der Waals surface area contributed by atoms with Crippen LogP contribution in [0.5, 0.6) is 5.75 Å². The molecule has 1 N–H and O–H groups in total. The summed E-state index contributed by atoms with van der Waals surface area (Å²) < 4.78 is 22.4. The van der Waals surface area contributed by atoms with Crippen LogP contribution in [0.3, 0.4) is 0 Å².